The summed E-state index contributed by atoms with van der Waals surface area (Å²) in [5, 5.41) is 1.33. The van der Waals surface area contributed by atoms with Gasteiger partial charge in [-0.25, -0.2) is 4.99 Å². The molecule has 3 aliphatic heterocycles. The van der Waals surface area contributed by atoms with Crippen LogP contribution in [0.25, 0.3) is 5.57 Å². The number of anilines is 1. The van der Waals surface area contributed by atoms with E-state index in [-0.39, 0.29) is 17.2 Å². The maximum atomic E-state index is 11.7. The van der Waals surface area contributed by atoms with Gasteiger partial charge in [0, 0.05) is 36.3 Å². The fourth-order valence-electron chi connectivity index (χ4n) is 5.24. The van der Waals surface area contributed by atoms with Crippen molar-refractivity contribution >= 4 is 27.1 Å². The van der Waals surface area contributed by atoms with Crippen molar-refractivity contribution in [2.75, 3.05) is 17.7 Å². The number of rotatable bonds is 2. The van der Waals surface area contributed by atoms with E-state index >= 15 is 0 Å². The summed E-state index contributed by atoms with van der Waals surface area (Å²) in [4.78, 5) is 11.9. The van der Waals surface area contributed by atoms with E-state index in [1.165, 1.54) is 5.57 Å². The van der Waals surface area contributed by atoms with Crippen LogP contribution in [0.5, 0.6) is 11.5 Å². The van der Waals surface area contributed by atoms with Crippen LogP contribution in [-0.2, 0) is 10.1 Å². The zero-order chi connectivity index (χ0) is 23.9. The summed E-state index contributed by atoms with van der Waals surface area (Å²) in [7, 11) is -2.05. The van der Waals surface area contributed by atoms with E-state index in [4.69, 9.17) is 14.7 Å². The Balaban J connectivity index is 1.68. The number of fused-ring (bicyclic) bond motifs is 4. The van der Waals surface area contributed by atoms with E-state index in [9.17, 15) is 13.0 Å². The first-order valence-electron chi connectivity index (χ1n) is 11.1. The van der Waals surface area contributed by atoms with Gasteiger partial charge in [-0.1, -0.05) is 6.08 Å². The summed E-state index contributed by atoms with van der Waals surface area (Å²) in [6.07, 6.45) is 2.77. The molecule has 0 saturated heterocycles. The van der Waals surface area contributed by atoms with Gasteiger partial charge in [-0.2, -0.15) is 8.42 Å². The van der Waals surface area contributed by atoms with Crippen molar-refractivity contribution in [1.82, 2.24) is 0 Å². The van der Waals surface area contributed by atoms with Crippen LogP contribution >= 0.6 is 0 Å². The van der Waals surface area contributed by atoms with E-state index in [2.05, 4.69) is 38.8 Å². The quantitative estimate of drug-likeness (QED) is 0.572. The van der Waals surface area contributed by atoms with Crippen molar-refractivity contribution in [3.63, 3.8) is 0 Å². The molecule has 33 heavy (non-hydrogen) atoms. The number of hydrogen-bond donors (Lipinski definition) is 1. The van der Waals surface area contributed by atoms with Crippen LogP contribution in [-0.4, -0.2) is 36.8 Å². The highest BCUT2D eigenvalue weighted by Crippen LogP contribution is 2.45. The fraction of sp³-hybridized carbons (Fsp3) is 0.440. The van der Waals surface area contributed by atoms with E-state index in [0.29, 0.717) is 28.6 Å². The van der Waals surface area contributed by atoms with Crippen molar-refractivity contribution in [3.8, 4) is 11.5 Å². The number of hydrogen-bond acceptors (Lipinski definition) is 6. The number of benzene rings is 2. The minimum atomic E-state index is -4.13. The Morgan fingerprint density at radius 3 is 2.55 bits per heavy atom. The molecular weight excluding hydrogens is 438 g/mol. The standard InChI is InChI=1S/C25H29N3O4S/c1-14-11-25(4,5)28(6)21-10-23-19(7-16(14)21)26-20-8-17-15(13-33(29,30)31)12-24(2,3)27-18(17)9-22(20)32-23/h7-11,15H,12-13H2,1-6H3,(H,29,30,31). The molecule has 7 nitrogen and oxygen atoms in total. The van der Waals surface area contributed by atoms with Gasteiger partial charge in [-0.3, -0.25) is 9.55 Å². The molecule has 0 bridgehead atoms. The SMILES string of the molecule is CC1=CC(C)(C)N(C)c2cc3c(cc21)N=c1cc2c(cc1O3)=NC(C)(C)CC2CS(=O)(=O)O. The Hall–Kier alpha value is -2.71. The van der Waals surface area contributed by atoms with Crippen LogP contribution in [0.2, 0.25) is 0 Å². The maximum Gasteiger partial charge on any atom is 0.265 e. The smallest absolute Gasteiger partial charge is 0.265 e. The highest BCUT2D eigenvalue weighted by atomic mass is 32.2. The third-order valence-electron chi connectivity index (χ3n) is 6.89. The Morgan fingerprint density at radius 1 is 1.12 bits per heavy atom. The van der Waals surface area contributed by atoms with Crippen LogP contribution < -0.4 is 20.4 Å². The molecule has 174 valence electrons. The lowest BCUT2D eigenvalue weighted by atomic mass is 9.84. The van der Waals surface area contributed by atoms with Crippen molar-refractivity contribution in [2.24, 2.45) is 9.98 Å². The van der Waals surface area contributed by atoms with E-state index in [0.717, 1.165) is 22.5 Å². The Morgan fingerprint density at radius 2 is 1.85 bits per heavy atom. The molecule has 0 saturated carbocycles. The molecule has 1 unspecified atom stereocenters. The molecule has 0 aliphatic carbocycles. The lowest BCUT2D eigenvalue weighted by Gasteiger charge is -2.41. The van der Waals surface area contributed by atoms with Gasteiger partial charge >= 0.3 is 0 Å². The number of allylic oxidation sites excluding steroid dienone is 1. The zero-order valence-corrected chi connectivity index (χ0v) is 20.6. The first-order chi connectivity index (χ1) is 15.2. The molecule has 3 heterocycles. The summed E-state index contributed by atoms with van der Waals surface area (Å²) in [6, 6.07) is 7.79. The molecule has 2 aromatic rings. The van der Waals surface area contributed by atoms with Crippen molar-refractivity contribution < 1.29 is 17.7 Å². The van der Waals surface area contributed by atoms with Gasteiger partial charge in [0.25, 0.3) is 10.1 Å². The molecule has 0 fully saturated rings. The first-order valence-corrected chi connectivity index (χ1v) is 12.7. The summed E-state index contributed by atoms with van der Waals surface area (Å²) < 4.78 is 39.2. The predicted molar refractivity (Wildman–Crippen MR) is 129 cm³/mol. The topological polar surface area (TPSA) is 91.6 Å². The van der Waals surface area contributed by atoms with Crippen LogP contribution in [0.4, 0.5) is 11.4 Å². The molecule has 1 atom stereocenters. The molecule has 5 rings (SSSR count). The predicted octanol–water partition coefficient (Wildman–Crippen LogP) is 4.15. The molecule has 0 spiro atoms. The lowest BCUT2D eigenvalue weighted by molar-refractivity contribution is 0.398. The second kappa shape index (κ2) is 6.90. The fourth-order valence-corrected chi connectivity index (χ4v) is 6.04. The van der Waals surface area contributed by atoms with E-state index < -0.39 is 15.7 Å². The third-order valence-corrected chi connectivity index (χ3v) is 7.71. The van der Waals surface area contributed by atoms with Gasteiger partial charge < -0.3 is 9.64 Å². The first kappa shape index (κ1) is 22.1. The van der Waals surface area contributed by atoms with Crippen molar-refractivity contribution in [3.05, 3.63) is 52.2 Å². The molecule has 1 N–H and O–H groups in total. The number of nitrogens with zero attached hydrogens (tertiary/aromatic N) is 3. The zero-order valence-electron chi connectivity index (χ0n) is 19.8. The molecule has 8 heteroatoms. The van der Waals surface area contributed by atoms with Crippen LogP contribution in [0.3, 0.4) is 0 Å². The van der Waals surface area contributed by atoms with E-state index in [1.807, 2.05) is 38.1 Å². The second-order valence-corrected chi connectivity index (χ2v) is 12.0. The summed E-state index contributed by atoms with van der Waals surface area (Å²) in [6.45, 7) is 10.4. The monoisotopic (exact) mass is 467 g/mol. The summed E-state index contributed by atoms with van der Waals surface area (Å²) in [5.41, 5.74) is 4.35. The minimum absolute atomic E-state index is 0.110. The highest BCUT2D eigenvalue weighted by Gasteiger charge is 2.34. The summed E-state index contributed by atoms with van der Waals surface area (Å²) >= 11 is 0. The Kier molecular flexibility index (Phi) is 4.62. The van der Waals surface area contributed by atoms with Gasteiger partial charge in [0.1, 0.15) is 11.0 Å². The maximum absolute atomic E-state index is 11.7. The van der Waals surface area contributed by atoms with Gasteiger partial charge in [-0.15, -0.1) is 0 Å². The second-order valence-electron chi connectivity index (χ2n) is 10.5. The molecule has 3 aliphatic rings. The molecule has 0 radical (unpaired) electrons. The van der Waals surface area contributed by atoms with Gasteiger partial charge in [0.2, 0.25) is 0 Å². The van der Waals surface area contributed by atoms with Crippen LogP contribution in [0, 0.1) is 0 Å². The molecular formula is C25H29N3O4S. The summed E-state index contributed by atoms with van der Waals surface area (Å²) in [5.74, 6) is 0.574. The minimum Gasteiger partial charge on any atom is -0.453 e. The van der Waals surface area contributed by atoms with Gasteiger partial charge in [-0.05, 0) is 64.3 Å². The molecule has 0 amide bonds. The van der Waals surface area contributed by atoms with Gasteiger partial charge in [0.15, 0.2) is 11.5 Å². The lowest BCUT2D eigenvalue weighted by Crippen LogP contribution is -2.42. The Labute approximate surface area is 194 Å². The number of likely N-dealkylation sites (N-methyl/N-ethyl adjacent to an activating group) is 1. The molecule has 2 aromatic carbocycles. The Bertz CT molecular complexity index is 1460. The molecule has 0 aromatic heterocycles. The van der Waals surface area contributed by atoms with Crippen LogP contribution in [0.15, 0.2) is 40.3 Å². The normalized spacial score (nSPS) is 21.8. The van der Waals surface area contributed by atoms with Crippen molar-refractivity contribution in [1.29, 1.82) is 0 Å². The van der Waals surface area contributed by atoms with Crippen LogP contribution in [0.1, 0.15) is 58.1 Å². The van der Waals surface area contributed by atoms with Crippen molar-refractivity contribution in [2.45, 2.75) is 58.0 Å². The van der Waals surface area contributed by atoms with Gasteiger partial charge in [0.05, 0.1) is 22.2 Å². The highest BCUT2D eigenvalue weighted by molar-refractivity contribution is 7.85. The average Bonchev–Trinajstić information content (AvgIpc) is 2.66. The number of ether oxygens (including phenoxy) is 1. The third kappa shape index (κ3) is 3.85. The average molecular weight is 468 g/mol. The van der Waals surface area contributed by atoms with E-state index in [1.54, 1.807) is 0 Å². The largest absolute Gasteiger partial charge is 0.453 e.